The van der Waals surface area contributed by atoms with Crippen LogP contribution in [0.1, 0.15) is 26.3 Å². The molecule has 1 fully saturated rings. The van der Waals surface area contributed by atoms with Gasteiger partial charge >= 0.3 is 6.09 Å². The fourth-order valence-electron chi connectivity index (χ4n) is 2.45. The van der Waals surface area contributed by atoms with Crippen LogP contribution in [0.25, 0.3) is 4.85 Å². The van der Waals surface area contributed by atoms with Crippen LogP contribution >= 0.6 is 0 Å². The van der Waals surface area contributed by atoms with Crippen molar-refractivity contribution in [1.29, 1.82) is 0 Å². The van der Waals surface area contributed by atoms with Crippen LogP contribution in [-0.2, 0) is 11.3 Å². The second-order valence-electron chi connectivity index (χ2n) is 6.56. The lowest BCUT2D eigenvalue weighted by atomic mass is 10.1. The van der Waals surface area contributed by atoms with Gasteiger partial charge in [0, 0.05) is 31.7 Å². The van der Waals surface area contributed by atoms with Gasteiger partial charge in [-0.25, -0.2) is 15.8 Å². The third-order valence-electron chi connectivity index (χ3n) is 3.55. The quantitative estimate of drug-likeness (QED) is 0.785. The highest BCUT2D eigenvalue weighted by molar-refractivity contribution is 5.68. The van der Waals surface area contributed by atoms with E-state index in [9.17, 15) is 9.18 Å². The Morgan fingerprint density at radius 1 is 1.30 bits per heavy atom. The number of nitrogens with zero attached hydrogens (tertiary/aromatic N) is 3. The maximum Gasteiger partial charge on any atom is 0.410 e. The van der Waals surface area contributed by atoms with Crippen LogP contribution in [0, 0.1) is 12.4 Å². The van der Waals surface area contributed by atoms with E-state index in [1.54, 1.807) is 17.0 Å². The second kappa shape index (κ2) is 6.86. The molecule has 2 rings (SSSR count). The fourth-order valence-corrected chi connectivity index (χ4v) is 2.45. The summed E-state index contributed by atoms with van der Waals surface area (Å²) in [5, 5.41) is 0. The molecule has 0 saturated carbocycles. The normalized spacial score (nSPS) is 15.3. The number of hydrogen-bond acceptors (Lipinski definition) is 3. The van der Waals surface area contributed by atoms with Gasteiger partial charge < -0.3 is 19.4 Å². The highest BCUT2D eigenvalue weighted by Gasteiger charge is 2.26. The lowest BCUT2D eigenvalue weighted by molar-refractivity contribution is 0.0240. The van der Waals surface area contributed by atoms with Gasteiger partial charge in [0.1, 0.15) is 11.4 Å². The first kappa shape index (κ1) is 17.1. The smallest absolute Gasteiger partial charge is 0.410 e. The summed E-state index contributed by atoms with van der Waals surface area (Å²) in [6.45, 7) is 14.6. The minimum atomic E-state index is -0.515. The summed E-state index contributed by atoms with van der Waals surface area (Å²) in [6.07, 6.45) is -0.329. The minimum absolute atomic E-state index is 0.184. The molecule has 1 aliphatic rings. The molecule has 6 heteroatoms. The van der Waals surface area contributed by atoms with E-state index in [1.807, 2.05) is 25.7 Å². The zero-order valence-corrected chi connectivity index (χ0v) is 13.8. The molecule has 1 aromatic carbocycles. The second-order valence-corrected chi connectivity index (χ2v) is 6.56. The highest BCUT2D eigenvalue weighted by atomic mass is 19.1. The Hall–Kier alpha value is -2.29. The van der Waals surface area contributed by atoms with Crippen LogP contribution < -0.4 is 4.90 Å². The van der Waals surface area contributed by atoms with Gasteiger partial charge in [0.25, 0.3) is 0 Å². The number of hydrogen-bond donors (Lipinski definition) is 0. The van der Waals surface area contributed by atoms with E-state index in [0.717, 1.165) is 0 Å². The van der Waals surface area contributed by atoms with Gasteiger partial charge in [0.2, 0.25) is 6.54 Å². The topological polar surface area (TPSA) is 37.1 Å². The number of anilines is 1. The van der Waals surface area contributed by atoms with Crippen LogP contribution in [0.3, 0.4) is 0 Å². The molecule has 0 aromatic heterocycles. The van der Waals surface area contributed by atoms with E-state index in [4.69, 9.17) is 11.3 Å². The Labute approximate surface area is 136 Å². The molecule has 1 aromatic rings. The third-order valence-corrected chi connectivity index (χ3v) is 3.55. The molecule has 23 heavy (non-hydrogen) atoms. The van der Waals surface area contributed by atoms with Crippen molar-refractivity contribution in [2.45, 2.75) is 32.9 Å². The molecule has 1 saturated heterocycles. The summed E-state index contributed by atoms with van der Waals surface area (Å²) >= 11 is 0. The van der Waals surface area contributed by atoms with E-state index in [-0.39, 0.29) is 18.5 Å². The van der Waals surface area contributed by atoms with Gasteiger partial charge in [-0.2, -0.15) is 0 Å². The SMILES string of the molecule is [C-]#[N+]Cc1ccc(N2CCN(C(=O)OC(C)(C)C)CC2)c(F)c1. The number of ether oxygens (including phenoxy) is 1. The van der Waals surface area contributed by atoms with Crippen molar-refractivity contribution >= 4 is 11.8 Å². The summed E-state index contributed by atoms with van der Waals surface area (Å²) in [5.41, 5.74) is 0.676. The van der Waals surface area contributed by atoms with Gasteiger partial charge in [-0.05, 0) is 39.0 Å². The maximum absolute atomic E-state index is 14.2. The average Bonchev–Trinajstić information content (AvgIpc) is 2.46. The number of benzene rings is 1. The Bertz CT molecular complexity index is 611. The number of carbonyl (C=O) groups is 1. The van der Waals surface area contributed by atoms with E-state index < -0.39 is 5.60 Å². The van der Waals surface area contributed by atoms with E-state index in [1.165, 1.54) is 6.07 Å². The van der Waals surface area contributed by atoms with Gasteiger partial charge in [0.15, 0.2) is 0 Å². The molecule has 0 aliphatic carbocycles. The summed E-state index contributed by atoms with van der Waals surface area (Å²) in [5.74, 6) is -0.322. The zero-order chi connectivity index (χ0) is 17.0. The lowest BCUT2D eigenvalue weighted by Crippen LogP contribution is -2.50. The predicted molar refractivity (Wildman–Crippen MR) is 86.7 cm³/mol. The molecule has 1 heterocycles. The standard InChI is InChI=1S/C17H22FN3O2/c1-17(2,3)23-16(22)21-9-7-20(8-10-21)15-6-5-13(12-19-4)11-14(15)18/h5-6,11H,7-10,12H2,1-3H3. The average molecular weight is 319 g/mol. The number of halogens is 1. The lowest BCUT2D eigenvalue weighted by Gasteiger charge is -2.36. The first-order valence-corrected chi connectivity index (χ1v) is 7.64. The zero-order valence-electron chi connectivity index (χ0n) is 13.8. The number of rotatable bonds is 2. The van der Waals surface area contributed by atoms with Crippen LogP contribution in [-0.4, -0.2) is 42.8 Å². The summed E-state index contributed by atoms with van der Waals surface area (Å²) in [4.78, 5) is 18.8. The monoisotopic (exact) mass is 319 g/mol. The summed E-state index contributed by atoms with van der Waals surface area (Å²) in [6, 6.07) is 4.89. The van der Waals surface area contributed by atoms with Crippen LogP contribution in [0.5, 0.6) is 0 Å². The van der Waals surface area contributed by atoms with E-state index in [2.05, 4.69) is 4.85 Å². The maximum atomic E-state index is 14.2. The first-order valence-electron chi connectivity index (χ1n) is 7.64. The molecule has 0 spiro atoms. The van der Waals surface area contributed by atoms with Crippen molar-refractivity contribution in [2.75, 3.05) is 31.1 Å². The predicted octanol–water partition coefficient (Wildman–Crippen LogP) is 3.30. The molecule has 5 nitrogen and oxygen atoms in total. The van der Waals surface area contributed by atoms with E-state index in [0.29, 0.717) is 37.4 Å². The molecule has 124 valence electrons. The molecule has 0 unspecified atom stereocenters. The highest BCUT2D eigenvalue weighted by Crippen LogP contribution is 2.23. The molecular formula is C17H22FN3O2. The van der Waals surface area contributed by atoms with Gasteiger partial charge in [-0.15, -0.1) is 0 Å². The van der Waals surface area contributed by atoms with Crippen molar-refractivity contribution in [2.24, 2.45) is 0 Å². The summed E-state index contributed by atoms with van der Waals surface area (Å²) in [7, 11) is 0. The Morgan fingerprint density at radius 2 is 1.96 bits per heavy atom. The van der Waals surface area contributed by atoms with Crippen LogP contribution in [0.4, 0.5) is 14.9 Å². The van der Waals surface area contributed by atoms with Gasteiger partial charge in [0.05, 0.1) is 5.69 Å². The van der Waals surface area contributed by atoms with Crippen molar-refractivity contribution in [3.05, 3.63) is 41.0 Å². The Kier molecular flexibility index (Phi) is 5.09. The molecule has 1 amide bonds. The largest absolute Gasteiger partial charge is 0.444 e. The van der Waals surface area contributed by atoms with E-state index >= 15 is 0 Å². The molecule has 1 aliphatic heterocycles. The molecule has 0 atom stereocenters. The fraction of sp³-hybridized carbons (Fsp3) is 0.529. The number of carbonyl (C=O) groups excluding carboxylic acids is 1. The number of amides is 1. The first-order chi connectivity index (χ1) is 10.8. The Morgan fingerprint density at radius 3 is 2.48 bits per heavy atom. The van der Waals surface area contributed by atoms with Gasteiger partial charge in [-0.3, -0.25) is 0 Å². The van der Waals surface area contributed by atoms with Crippen molar-refractivity contribution in [3.8, 4) is 0 Å². The molecule has 0 N–H and O–H groups in total. The van der Waals surface area contributed by atoms with Crippen molar-refractivity contribution < 1.29 is 13.9 Å². The molecular weight excluding hydrogens is 297 g/mol. The summed E-state index contributed by atoms with van der Waals surface area (Å²) < 4.78 is 19.5. The molecule has 0 bridgehead atoms. The molecule has 0 radical (unpaired) electrons. The van der Waals surface area contributed by atoms with Crippen molar-refractivity contribution in [3.63, 3.8) is 0 Å². The van der Waals surface area contributed by atoms with Crippen LogP contribution in [0.15, 0.2) is 18.2 Å². The van der Waals surface area contributed by atoms with Gasteiger partial charge in [-0.1, -0.05) is 0 Å². The van der Waals surface area contributed by atoms with Crippen LogP contribution in [0.2, 0.25) is 0 Å². The Balaban J connectivity index is 1.97. The van der Waals surface area contributed by atoms with Crippen molar-refractivity contribution in [1.82, 2.24) is 4.90 Å². The third kappa shape index (κ3) is 4.59. The number of piperazine rings is 1. The minimum Gasteiger partial charge on any atom is -0.444 e.